The van der Waals surface area contributed by atoms with Crippen LogP contribution in [0.1, 0.15) is 26.2 Å². The lowest BCUT2D eigenvalue weighted by atomic mass is 10.1. The first-order valence-corrected chi connectivity index (χ1v) is 5.82. The molecule has 0 N–H and O–H groups in total. The Hall–Kier alpha value is -1.58. The topological polar surface area (TPSA) is 40.6 Å². The molecule has 1 rings (SSSR count). The van der Waals surface area contributed by atoms with Crippen LogP contribution in [0.3, 0.4) is 0 Å². The zero-order valence-corrected chi connectivity index (χ0v) is 10.6. The maximum Gasteiger partial charge on any atom is 0.249 e. The van der Waals surface area contributed by atoms with Gasteiger partial charge in [-0.1, -0.05) is 13.2 Å². The van der Waals surface area contributed by atoms with Crippen LogP contribution in [-0.2, 0) is 9.59 Å². The first kappa shape index (κ1) is 13.5. The first-order valence-electron chi connectivity index (χ1n) is 5.82. The number of nitrogens with zero attached hydrogens (tertiary/aromatic N) is 2. The van der Waals surface area contributed by atoms with Crippen molar-refractivity contribution in [3.63, 3.8) is 0 Å². The molecule has 4 nitrogen and oxygen atoms in total. The van der Waals surface area contributed by atoms with Gasteiger partial charge in [0.2, 0.25) is 11.8 Å². The third kappa shape index (κ3) is 3.19. The summed E-state index contributed by atoms with van der Waals surface area (Å²) in [5.41, 5.74) is 0.529. The molecule has 17 heavy (non-hydrogen) atoms. The van der Waals surface area contributed by atoms with Crippen LogP contribution < -0.4 is 0 Å². The fraction of sp³-hybridized carbons (Fsp3) is 0.538. The second kappa shape index (κ2) is 5.66. The van der Waals surface area contributed by atoms with E-state index in [9.17, 15) is 9.59 Å². The highest BCUT2D eigenvalue weighted by Gasteiger charge is 2.30. The summed E-state index contributed by atoms with van der Waals surface area (Å²) in [5, 5.41) is 0. The summed E-state index contributed by atoms with van der Waals surface area (Å²) in [6.07, 6.45) is 3.69. The molecule has 0 bridgehead atoms. The molecular weight excluding hydrogens is 216 g/mol. The van der Waals surface area contributed by atoms with Crippen molar-refractivity contribution in [2.75, 3.05) is 13.6 Å². The van der Waals surface area contributed by atoms with E-state index in [0.717, 1.165) is 19.4 Å². The van der Waals surface area contributed by atoms with Crippen LogP contribution in [0.15, 0.2) is 24.9 Å². The predicted octanol–water partition coefficient (Wildman–Crippen LogP) is 1.55. The Kier molecular flexibility index (Phi) is 4.49. The minimum atomic E-state index is -0.0402. The van der Waals surface area contributed by atoms with Crippen LogP contribution in [0.4, 0.5) is 0 Å². The Bertz CT molecular complexity index is 349. The summed E-state index contributed by atoms with van der Waals surface area (Å²) in [4.78, 5) is 26.8. The molecule has 0 aliphatic carbocycles. The normalized spacial score (nSPS) is 18.9. The molecule has 0 aromatic rings. The number of rotatable bonds is 4. The monoisotopic (exact) mass is 236 g/mol. The highest BCUT2D eigenvalue weighted by molar-refractivity contribution is 5.93. The molecule has 1 saturated heterocycles. The van der Waals surface area contributed by atoms with Crippen LogP contribution >= 0.6 is 0 Å². The molecule has 1 atom stereocenters. The van der Waals surface area contributed by atoms with Crippen LogP contribution in [0, 0.1) is 0 Å². The number of hydrogen-bond donors (Lipinski definition) is 0. The quantitative estimate of drug-likeness (QED) is 0.695. The summed E-state index contributed by atoms with van der Waals surface area (Å²) in [7, 11) is 1.68. The Morgan fingerprint density at radius 1 is 1.53 bits per heavy atom. The Morgan fingerprint density at radius 3 is 2.71 bits per heavy atom. The number of amides is 2. The molecule has 4 heteroatoms. The molecule has 94 valence electrons. The van der Waals surface area contributed by atoms with Gasteiger partial charge in [0.1, 0.15) is 0 Å². The summed E-state index contributed by atoms with van der Waals surface area (Å²) in [6.45, 7) is 9.64. The standard InChI is InChI=1S/C13H20N2O2/c1-5-14(4)12(16)9-11-7-6-8-15(11)13(17)10(2)3/h5,11H,1-2,6-9H2,3-4H3. The first-order chi connectivity index (χ1) is 7.97. The molecule has 1 heterocycles. The van der Waals surface area contributed by atoms with Crippen molar-refractivity contribution in [2.24, 2.45) is 0 Å². The van der Waals surface area contributed by atoms with Crippen molar-refractivity contribution in [1.82, 2.24) is 9.80 Å². The van der Waals surface area contributed by atoms with E-state index < -0.39 is 0 Å². The summed E-state index contributed by atoms with van der Waals surface area (Å²) >= 11 is 0. The Labute approximate surface area is 103 Å². The van der Waals surface area contributed by atoms with Crippen molar-refractivity contribution in [2.45, 2.75) is 32.2 Å². The summed E-state index contributed by atoms with van der Waals surface area (Å²) in [5.74, 6) is -0.0482. The van der Waals surface area contributed by atoms with Gasteiger partial charge in [0, 0.05) is 31.6 Å². The largest absolute Gasteiger partial charge is 0.335 e. The Balaban J connectivity index is 2.64. The maximum atomic E-state index is 11.9. The minimum Gasteiger partial charge on any atom is -0.335 e. The van der Waals surface area contributed by atoms with E-state index in [1.54, 1.807) is 18.9 Å². The van der Waals surface area contributed by atoms with E-state index in [1.165, 1.54) is 11.1 Å². The average Bonchev–Trinajstić information content (AvgIpc) is 2.74. The Morgan fingerprint density at radius 2 is 2.18 bits per heavy atom. The van der Waals surface area contributed by atoms with E-state index in [1.807, 2.05) is 0 Å². The lowest BCUT2D eigenvalue weighted by Gasteiger charge is -2.25. The van der Waals surface area contributed by atoms with Crippen molar-refractivity contribution in [1.29, 1.82) is 0 Å². The van der Waals surface area contributed by atoms with E-state index in [-0.39, 0.29) is 17.9 Å². The molecule has 1 aliphatic heterocycles. The van der Waals surface area contributed by atoms with Gasteiger partial charge in [-0.3, -0.25) is 9.59 Å². The van der Waals surface area contributed by atoms with E-state index >= 15 is 0 Å². The van der Waals surface area contributed by atoms with Crippen molar-refractivity contribution in [3.8, 4) is 0 Å². The van der Waals surface area contributed by atoms with Gasteiger partial charge in [0.05, 0.1) is 0 Å². The van der Waals surface area contributed by atoms with Gasteiger partial charge in [-0.2, -0.15) is 0 Å². The second-order valence-electron chi connectivity index (χ2n) is 4.47. The summed E-state index contributed by atoms with van der Waals surface area (Å²) in [6, 6.07) is 0.00843. The maximum absolute atomic E-state index is 11.9. The molecule has 0 saturated carbocycles. The third-order valence-electron chi connectivity index (χ3n) is 3.08. The van der Waals surface area contributed by atoms with Gasteiger partial charge in [0.15, 0.2) is 0 Å². The highest BCUT2D eigenvalue weighted by atomic mass is 16.2. The molecule has 1 fully saturated rings. The number of hydrogen-bond acceptors (Lipinski definition) is 2. The zero-order chi connectivity index (χ0) is 13.0. The van der Waals surface area contributed by atoms with Gasteiger partial charge in [-0.15, -0.1) is 0 Å². The fourth-order valence-corrected chi connectivity index (χ4v) is 2.01. The van der Waals surface area contributed by atoms with Gasteiger partial charge in [0.25, 0.3) is 0 Å². The van der Waals surface area contributed by atoms with Crippen LogP contribution in [0.5, 0.6) is 0 Å². The SMILES string of the molecule is C=CN(C)C(=O)CC1CCCN1C(=O)C(=C)C. The molecule has 0 radical (unpaired) electrons. The molecule has 0 aromatic carbocycles. The average molecular weight is 236 g/mol. The van der Waals surface area contributed by atoms with E-state index in [0.29, 0.717) is 12.0 Å². The molecule has 2 amide bonds. The smallest absolute Gasteiger partial charge is 0.249 e. The molecule has 1 unspecified atom stereocenters. The highest BCUT2D eigenvalue weighted by Crippen LogP contribution is 2.22. The van der Waals surface area contributed by atoms with Crippen LogP contribution in [-0.4, -0.2) is 41.2 Å². The second-order valence-corrected chi connectivity index (χ2v) is 4.47. The van der Waals surface area contributed by atoms with Gasteiger partial charge in [-0.05, 0) is 26.0 Å². The number of carbonyl (C=O) groups excluding carboxylic acids is 2. The fourth-order valence-electron chi connectivity index (χ4n) is 2.01. The van der Waals surface area contributed by atoms with Gasteiger partial charge in [-0.25, -0.2) is 0 Å². The van der Waals surface area contributed by atoms with Crippen LogP contribution in [0.2, 0.25) is 0 Å². The van der Waals surface area contributed by atoms with Crippen molar-refractivity contribution < 1.29 is 9.59 Å². The lowest BCUT2D eigenvalue weighted by Crippen LogP contribution is -2.38. The van der Waals surface area contributed by atoms with Crippen LogP contribution in [0.25, 0.3) is 0 Å². The number of carbonyl (C=O) groups is 2. The molecular formula is C13H20N2O2. The molecule has 1 aliphatic rings. The minimum absolute atomic E-state index is 0.00795. The van der Waals surface area contributed by atoms with Gasteiger partial charge < -0.3 is 9.80 Å². The molecule has 0 aromatic heterocycles. The summed E-state index contributed by atoms with van der Waals surface area (Å²) < 4.78 is 0. The van der Waals surface area contributed by atoms with E-state index in [2.05, 4.69) is 13.2 Å². The third-order valence-corrected chi connectivity index (χ3v) is 3.08. The van der Waals surface area contributed by atoms with E-state index in [4.69, 9.17) is 0 Å². The number of likely N-dealkylation sites (tertiary alicyclic amines) is 1. The van der Waals surface area contributed by atoms with Crippen molar-refractivity contribution >= 4 is 11.8 Å². The van der Waals surface area contributed by atoms with Crippen molar-refractivity contribution in [3.05, 3.63) is 24.9 Å². The molecule has 0 spiro atoms. The lowest BCUT2D eigenvalue weighted by molar-refractivity contribution is -0.131. The zero-order valence-electron chi connectivity index (χ0n) is 10.6. The predicted molar refractivity (Wildman–Crippen MR) is 67.1 cm³/mol. The van der Waals surface area contributed by atoms with Gasteiger partial charge >= 0.3 is 0 Å².